The Morgan fingerprint density at radius 2 is 1.62 bits per heavy atom. The molecule has 0 aliphatic rings. The summed E-state index contributed by atoms with van der Waals surface area (Å²) in [5.74, 6) is -0.262. The topological polar surface area (TPSA) is 75.7 Å². The quantitative estimate of drug-likeness (QED) is 0.869. The third-order valence-corrected chi connectivity index (χ3v) is 5.25. The van der Waals surface area contributed by atoms with Gasteiger partial charge in [-0.3, -0.25) is 4.79 Å². The van der Waals surface area contributed by atoms with Crippen molar-refractivity contribution in [3.05, 3.63) is 59.7 Å². The minimum atomic E-state index is -3.48. The molecule has 0 spiro atoms. The second-order valence-corrected chi connectivity index (χ2v) is 7.55. The lowest BCUT2D eigenvalue weighted by molar-refractivity contribution is 0.102. The van der Waals surface area contributed by atoms with Gasteiger partial charge in [-0.2, -0.15) is 0 Å². The van der Waals surface area contributed by atoms with Gasteiger partial charge < -0.3 is 10.1 Å². The van der Waals surface area contributed by atoms with Crippen molar-refractivity contribution in [3.8, 4) is 0 Å². The largest absolute Gasteiger partial charge is 0.380 e. The van der Waals surface area contributed by atoms with Crippen molar-refractivity contribution in [1.29, 1.82) is 0 Å². The maximum Gasteiger partial charge on any atom is 0.255 e. The molecule has 0 saturated heterocycles. The molecule has 1 amide bonds. The van der Waals surface area contributed by atoms with E-state index in [2.05, 4.69) is 5.32 Å². The molecule has 24 heavy (non-hydrogen) atoms. The van der Waals surface area contributed by atoms with Crippen LogP contribution in [0.25, 0.3) is 0 Å². The van der Waals surface area contributed by atoms with Gasteiger partial charge in [0.15, 0.2) is 0 Å². The number of amides is 1. The van der Waals surface area contributed by atoms with Gasteiger partial charge in [0.1, 0.15) is 0 Å². The number of rotatable bonds is 6. The third kappa shape index (κ3) is 4.19. The van der Waals surface area contributed by atoms with Crippen molar-refractivity contribution in [3.63, 3.8) is 0 Å². The second kappa shape index (κ2) is 7.57. The van der Waals surface area contributed by atoms with E-state index in [9.17, 15) is 13.2 Å². The first-order chi connectivity index (χ1) is 11.3. The van der Waals surface area contributed by atoms with E-state index in [1.165, 1.54) is 26.2 Å². The highest BCUT2D eigenvalue weighted by atomic mass is 32.2. The Bertz CT molecular complexity index is 797. The summed E-state index contributed by atoms with van der Waals surface area (Å²) in [6.07, 6.45) is 0. The van der Waals surface area contributed by atoms with Crippen LogP contribution in [0.1, 0.15) is 15.9 Å². The van der Waals surface area contributed by atoms with E-state index in [4.69, 9.17) is 4.74 Å². The lowest BCUT2D eigenvalue weighted by Gasteiger charge is -2.12. The number of benzene rings is 2. The monoisotopic (exact) mass is 348 g/mol. The number of methoxy groups -OCH3 is 1. The van der Waals surface area contributed by atoms with Gasteiger partial charge in [-0.15, -0.1) is 0 Å². The van der Waals surface area contributed by atoms with Crippen LogP contribution in [-0.4, -0.2) is 39.8 Å². The van der Waals surface area contributed by atoms with E-state index in [0.29, 0.717) is 17.9 Å². The number of hydrogen-bond donors (Lipinski definition) is 1. The van der Waals surface area contributed by atoms with Gasteiger partial charge in [-0.25, -0.2) is 12.7 Å². The highest BCUT2D eigenvalue weighted by Gasteiger charge is 2.16. The summed E-state index contributed by atoms with van der Waals surface area (Å²) >= 11 is 0. The molecular weight excluding hydrogens is 328 g/mol. The van der Waals surface area contributed by atoms with E-state index in [1.54, 1.807) is 31.4 Å². The Hall–Kier alpha value is -2.22. The maximum absolute atomic E-state index is 12.2. The molecule has 0 radical (unpaired) electrons. The molecule has 6 nitrogen and oxygen atoms in total. The molecule has 0 bridgehead atoms. The summed E-state index contributed by atoms with van der Waals surface area (Å²) in [5, 5.41) is 2.74. The molecule has 0 aliphatic heterocycles. The van der Waals surface area contributed by atoms with Crippen LogP contribution in [0.5, 0.6) is 0 Å². The first-order valence-corrected chi connectivity index (χ1v) is 8.70. The zero-order valence-electron chi connectivity index (χ0n) is 13.8. The van der Waals surface area contributed by atoms with Crippen molar-refractivity contribution >= 4 is 21.6 Å². The van der Waals surface area contributed by atoms with Crippen molar-refractivity contribution < 1.29 is 17.9 Å². The fraction of sp³-hybridized carbons (Fsp3) is 0.235. The van der Waals surface area contributed by atoms with E-state index >= 15 is 0 Å². The van der Waals surface area contributed by atoms with E-state index in [0.717, 1.165) is 9.87 Å². The average Bonchev–Trinajstić information content (AvgIpc) is 2.56. The molecular formula is C17H20N2O4S. The maximum atomic E-state index is 12.2. The number of carbonyl (C=O) groups is 1. The Balaban J connectivity index is 2.09. The molecule has 0 saturated carbocycles. The Morgan fingerprint density at radius 3 is 2.12 bits per heavy atom. The van der Waals surface area contributed by atoms with E-state index in [1.807, 2.05) is 12.1 Å². The van der Waals surface area contributed by atoms with Crippen LogP contribution in [0, 0.1) is 0 Å². The highest BCUT2D eigenvalue weighted by Crippen LogP contribution is 2.17. The van der Waals surface area contributed by atoms with Crippen LogP contribution < -0.4 is 5.32 Å². The molecule has 2 aromatic carbocycles. The van der Waals surface area contributed by atoms with Crippen molar-refractivity contribution in [2.45, 2.75) is 11.5 Å². The molecule has 0 unspecified atom stereocenters. The predicted molar refractivity (Wildman–Crippen MR) is 92.4 cm³/mol. The molecule has 0 heterocycles. The summed E-state index contributed by atoms with van der Waals surface area (Å²) < 4.78 is 30.2. The zero-order chi connectivity index (χ0) is 17.7. The summed E-state index contributed by atoms with van der Waals surface area (Å²) in [7, 11) is 1.08. The SMILES string of the molecule is COCc1ccc(C(=O)Nc2ccc(S(=O)(=O)N(C)C)cc2)cc1. The van der Waals surface area contributed by atoms with Crippen LogP contribution in [0.15, 0.2) is 53.4 Å². The van der Waals surface area contributed by atoms with Crippen LogP contribution in [0.4, 0.5) is 5.69 Å². The van der Waals surface area contributed by atoms with Gasteiger partial charge in [0.25, 0.3) is 5.91 Å². The van der Waals surface area contributed by atoms with Gasteiger partial charge in [-0.05, 0) is 42.0 Å². The van der Waals surface area contributed by atoms with E-state index < -0.39 is 10.0 Å². The molecule has 0 aromatic heterocycles. The van der Waals surface area contributed by atoms with Crippen LogP contribution >= 0.6 is 0 Å². The first-order valence-electron chi connectivity index (χ1n) is 7.26. The Kier molecular flexibility index (Phi) is 5.71. The summed E-state index contributed by atoms with van der Waals surface area (Å²) in [6.45, 7) is 0.490. The lowest BCUT2D eigenvalue weighted by Crippen LogP contribution is -2.22. The van der Waals surface area contributed by atoms with Gasteiger partial charge in [-0.1, -0.05) is 12.1 Å². The number of anilines is 1. The fourth-order valence-corrected chi connectivity index (χ4v) is 2.94. The highest BCUT2D eigenvalue weighted by molar-refractivity contribution is 7.89. The summed E-state index contributed by atoms with van der Waals surface area (Å²) in [6, 6.07) is 13.1. The number of hydrogen-bond acceptors (Lipinski definition) is 4. The predicted octanol–water partition coefficient (Wildman–Crippen LogP) is 2.34. The molecule has 128 valence electrons. The standard InChI is InChI=1S/C17H20N2O4S/c1-19(2)24(21,22)16-10-8-15(9-11-16)18-17(20)14-6-4-13(5-7-14)12-23-3/h4-11H,12H2,1-3H3,(H,18,20). The number of sulfonamides is 1. The number of carbonyl (C=O) groups excluding carboxylic acids is 1. The van der Waals surface area contributed by atoms with Crippen LogP contribution in [0.2, 0.25) is 0 Å². The molecule has 0 atom stereocenters. The fourth-order valence-electron chi connectivity index (χ4n) is 2.04. The Morgan fingerprint density at radius 1 is 1.04 bits per heavy atom. The van der Waals surface area contributed by atoms with Crippen molar-refractivity contribution in [2.24, 2.45) is 0 Å². The Labute approximate surface area is 142 Å². The van der Waals surface area contributed by atoms with Gasteiger partial charge >= 0.3 is 0 Å². The average molecular weight is 348 g/mol. The van der Waals surface area contributed by atoms with Gasteiger partial charge in [0.2, 0.25) is 10.0 Å². The normalized spacial score (nSPS) is 11.5. The molecule has 0 fully saturated rings. The summed E-state index contributed by atoms with van der Waals surface area (Å²) in [5.41, 5.74) is 2.02. The van der Waals surface area contributed by atoms with Gasteiger partial charge in [0, 0.05) is 32.5 Å². The number of ether oxygens (including phenoxy) is 1. The van der Waals surface area contributed by atoms with Crippen molar-refractivity contribution in [2.75, 3.05) is 26.5 Å². The van der Waals surface area contributed by atoms with E-state index in [-0.39, 0.29) is 10.8 Å². The molecule has 2 aromatic rings. The zero-order valence-corrected chi connectivity index (χ0v) is 14.6. The summed E-state index contributed by atoms with van der Waals surface area (Å²) in [4.78, 5) is 12.4. The molecule has 7 heteroatoms. The van der Waals surface area contributed by atoms with Crippen LogP contribution in [0.3, 0.4) is 0 Å². The first kappa shape index (κ1) is 18.1. The minimum Gasteiger partial charge on any atom is -0.380 e. The lowest BCUT2D eigenvalue weighted by atomic mass is 10.1. The van der Waals surface area contributed by atoms with Crippen LogP contribution in [-0.2, 0) is 21.4 Å². The minimum absolute atomic E-state index is 0.175. The second-order valence-electron chi connectivity index (χ2n) is 5.40. The molecule has 2 rings (SSSR count). The number of nitrogens with one attached hydrogen (secondary N) is 1. The smallest absolute Gasteiger partial charge is 0.255 e. The van der Waals surface area contributed by atoms with Crippen molar-refractivity contribution in [1.82, 2.24) is 4.31 Å². The number of nitrogens with zero attached hydrogens (tertiary/aromatic N) is 1. The van der Waals surface area contributed by atoms with Gasteiger partial charge in [0.05, 0.1) is 11.5 Å². The molecule has 0 aliphatic carbocycles. The molecule has 1 N–H and O–H groups in total. The third-order valence-electron chi connectivity index (χ3n) is 3.42.